The monoisotopic (exact) mass is 490 g/mol. The molecule has 0 bridgehead atoms. The van der Waals surface area contributed by atoms with Crippen molar-refractivity contribution in [2.24, 2.45) is 0 Å². The van der Waals surface area contributed by atoms with E-state index in [9.17, 15) is 9.90 Å². The van der Waals surface area contributed by atoms with Crippen molar-refractivity contribution in [1.29, 1.82) is 0 Å². The van der Waals surface area contributed by atoms with Crippen molar-refractivity contribution in [2.45, 2.75) is 50.8 Å². The quantitative estimate of drug-likeness (QED) is 0.468. The fraction of sp³-hybridized carbons (Fsp3) is 0.483. The van der Waals surface area contributed by atoms with Gasteiger partial charge in [0, 0.05) is 55.7 Å². The highest BCUT2D eigenvalue weighted by atomic mass is 16.5. The molecule has 36 heavy (non-hydrogen) atoms. The highest BCUT2D eigenvalue weighted by Gasteiger charge is 2.26. The second kappa shape index (κ2) is 11.0. The van der Waals surface area contributed by atoms with Crippen molar-refractivity contribution >= 4 is 16.8 Å². The molecule has 7 nitrogen and oxygen atoms in total. The fourth-order valence-corrected chi connectivity index (χ4v) is 5.64. The molecule has 192 valence electrons. The fourth-order valence-electron chi connectivity index (χ4n) is 5.64. The zero-order valence-corrected chi connectivity index (χ0v) is 21.4. The van der Waals surface area contributed by atoms with Gasteiger partial charge in [0.2, 0.25) is 0 Å². The van der Waals surface area contributed by atoms with Crippen LogP contribution in [0.3, 0.4) is 0 Å². The minimum atomic E-state index is -0.126. The SMILES string of the molecule is COc1ccc(-c2cccc3[nH]c(C(=O)NC4CCN(C[C@H](C)N5CCC(O)CC5)CC4)cc23)cc1. The van der Waals surface area contributed by atoms with E-state index in [1.165, 1.54) is 0 Å². The second-order valence-electron chi connectivity index (χ2n) is 10.3. The summed E-state index contributed by atoms with van der Waals surface area (Å²) in [6.45, 7) is 7.31. The summed E-state index contributed by atoms with van der Waals surface area (Å²) in [5, 5.41) is 14.1. The summed E-state index contributed by atoms with van der Waals surface area (Å²) < 4.78 is 5.28. The topological polar surface area (TPSA) is 80.8 Å². The summed E-state index contributed by atoms with van der Waals surface area (Å²) in [6, 6.07) is 16.8. The number of piperidine rings is 2. The number of fused-ring (bicyclic) bond motifs is 1. The standard InChI is InChI=1S/C29H38N4O3/c1-20(33-16-12-23(34)13-17-33)19-32-14-10-22(11-15-32)30-29(35)28-18-26-25(4-3-5-27(26)31-28)21-6-8-24(36-2)9-7-21/h3-9,18,20,22-23,31,34H,10-17,19H2,1-2H3,(H,30,35)/t20-/m0/s1. The number of aromatic amines is 1. The number of hydrogen-bond acceptors (Lipinski definition) is 5. The molecule has 0 unspecified atom stereocenters. The molecule has 3 heterocycles. The summed E-state index contributed by atoms with van der Waals surface area (Å²) >= 11 is 0. The highest BCUT2D eigenvalue weighted by molar-refractivity contribution is 6.03. The summed E-state index contributed by atoms with van der Waals surface area (Å²) in [5.41, 5.74) is 3.75. The Morgan fingerprint density at radius 3 is 2.50 bits per heavy atom. The molecule has 3 N–H and O–H groups in total. The molecule has 2 aliphatic heterocycles. The summed E-state index contributed by atoms with van der Waals surface area (Å²) in [5.74, 6) is 0.789. The van der Waals surface area contributed by atoms with Crippen LogP contribution in [0.15, 0.2) is 48.5 Å². The van der Waals surface area contributed by atoms with Crippen molar-refractivity contribution in [3.63, 3.8) is 0 Å². The van der Waals surface area contributed by atoms with Gasteiger partial charge in [0.25, 0.3) is 5.91 Å². The smallest absolute Gasteiger partial charge is 0.267 e. The largest absolute Gasteiger partial charge is 0.497 e. The maximum absolute atomic E-state index is 13.1. The van der Waals surface area contributed by atoms with Crippen molar-refractivity contribution in [3.05, 3.63) is 54.2 Å². The summed E-state index contributed by atoms with van der Waals surface area (Å²) in [6.07, 6.45) is 3.57. The number of aliphatic hydroxyl groups excluding tert-OH is 1. The van der Waals surface area contributed by atoms with Crippen LogP contribution in [-0.4, -0.2) is 83.8 Å². The van der Waals surface area contributed by atoms with Crippen LogP contribution in [0.25, 0.3) is 22.0 Å². The number of likely N-dealkylation sites (tertiary alicyclic amines) is 2. The van der Waals surface area contributed by atoms with E-state index in [-0.39, 0.29) is 18.1 Å². The lowest BCUT2D eigenvalue weighted by molar-refractivity contribution is 0.0497. The maximum atomic E-state index is 13.1. The summed E-state index contributed by atoms with van der Waals surface area (Å²) in [7, 11) is 1.67. The van der Waals surface area contributed by atoms with Crippen molar-refractivity contribution in [3.8, 4) is 16.9 Å². The van der Waals surface area contributed by atoms with E-state index in [2.05, 4.69) is 33.1 Å². The molecular formula is C29H38N4O3. The number of amides is 1. The third-order valence-corrected chi connectivity index (χ3v) is 7.88. The number of benzene rings is 2. The number of aliphatic hydroxyl groups is 1. The van der Waals surface area contributed by atoms with Gasteiger partial charge in [0.1, 0.15) is 11.4 Å². The molecular weight excluding hydrogens is 452 g/mol. The Balaban J connectivity index is 1.17. The van der Waals surface area contributed by atoms with Gasteiger partial charge in [0.05, 0.1) is 13.2 Å². The van der Waals surface area contributed by atoms with Gasteiger partial charge < -0.3 is 25.0 Å². The first-order valence-electron chi connectivity index (χ1n) is 13.2. The van der Waals surface area contributed by atoms with Crippen molar-refractivity contribution in [1.82, 2.24) is 20.1 Å². The maximum Gasteiger partial charge on any atom is 0.267 e. The number of methoxy groups -OCH3 is 1. The Morgan fingerprint density at radius 1 is 1.08 bits per heavy atom. The number of carbonyl (C=O) groups excluding carboxylic acids is 1. The van der Waals surface area contributed by atoms with Crippen LogP contribution in [0.1, 0.15) is 43.1 Å². The van der Waals surface area contributed by atoms with Gasteiger partial charge in [-0.1, -0.05) is 24.3 Å². The lowest BCUT2D eigenvalue weighted by atomic mass is 10.0. The number of hydrogen-bond donors (Lipinski definition) is 3. The highest BCUT2D eigenvalue weighted by Crippen LogP contribution is 2.30. The van der Waals surface area contributed by atoms with Crippen LogP contribution >= 0.6 is 0 Å². The van der Waals surface area contributed by atoms with E-state index >= 15 is 0 Å². The summed E-state index contributed by atoms with van der Waals surface area (Å²) in [4.78, 5) is 21.4. The number of carbonyl (C=O) groups is 1. The zero-order chi connectivity index (χ0) is 25.1. The van der Waals surface area contributed by atoms with Crippen LogP contribution in [0.2, 0.25) is 0 Å². The number of aromatic nitrogens is 1. The first-order chi connectivity index (χ1) is 17.5. The minimum Gasteiger partial charge on any atom is -0.497 e. The average molecular weight is 491 g/mol. The van der Waals surface area contributed by atoms with Crippen LogP contribution in [0, 0.1) is 0 Å². The number of ether oxygens (including phenoxy) is 1. The molecule has 1 amide bonds. The molecule has 0 aliphatic carbocycles. The van der Waals surface area contributed by atoms with E-state index in [1.807, 2.05) is 42.5 Å². The van der Waals surface area contributed by atoms with Gasteiger partial charge in [-0.2, -0.15) is 0 Å². The minimum absolute atomic E-state index is 0.0365. The Hall–Kier alpha value is -2.87. The lowest BCUT2D eigenvalue weighted by Crippen LogP contribution is -2.50. The van der Waals surface area contributed by atoms with E-state index in [4.69, 9.17) is 4.74 Å². The molecule has 2 fully saturated rings. The number of nitrogens with zero attached hydrogens (tertiary/aromatic N) is 2. The van der Waals surface area contributed by atoms with Crippen molar-refractivity contribution in [2.75, 3.05) is 39.8 Å². The van der Waals surface area contributed by atoms with E-state index in [0.717, 1.165) is 86.2 Å². The van der Waals surface area contributed by atoms with Gasteiger partial charge in [0.15, 0.2) is 0 Å². The van der Waals surface area contributed by atoms with Gasteiger partial charge in [-0.25, -0.2) is 0 Å². The molecule has 2 aromatic carbocycles. The number of H-pyrrole nitrogens is 1. The predicted molar refractivity (Wildman–Crippen MR) is 143 cm³/mol. The van der Waals surface area contributed by atoms with Crippen LogP contribution in [0.4, 0.5) is 0 Å². The van der Waals surface area contributed by atoms with Gasteiger partial charge in [-0.05, 0) is 68.0 Å². The molecule has 2 saturated heterocycles. The van der Waals surface area contributed by atoms with Gasteiger partial charge in [-0.15, -0.1) is 0 Å². The van der Waals surface area contributed by atoms with Crippen LogP contribution in [-0.2, 0) is 0 Å². The lowest BCUT2D eigenvalue weighted by Gasteiger charge is -2.39. The Kier molecular flexibility index (Phi) is 7.60. The number of rotatable bonds is 7. The molecule has 5 rings (SSSR count). The Labute approximate surface area is 213 Å². The van der Waals surface area contributed by atoms with E-state index in [1.54, 1.807) is 7.11 Å². The third-order valence-electron chi connectivity index (χ3n) is 7.88. The van der Waals surface area contributed by atoms with Gasteiger partial charge in [-0.3, -0.25) is 9.69 Å². The second-order valence-corrected chi connectivity index (χ2v) is 10.3. The molecule has 2 aliphatic rings. The normalized spacial score (nSPS) is 19.4. The first-order valence-corrected chi connectivity index (χ1v) is 13.2. The van der Waals surface area contributed by atoms with E-state index in [0.29, 0.717) is 11.7 Å². The van der Waals surface area contributed by atoms with Crippen LogP contribution in [0.5, 0.6) is 5.75 Å². The molecule has 7 heteroatoms. The zero-order valence-electron chi connectivity index (χ0n) is 21.4. The predicted octanol–water partition coefficient (Wildman–Crippen LogP) is 3.88. The van der Waals surface area contributed by atoms with E-state index < -0.39 is 0 Å². The molecule has 0 saturated carbocycles. The molecule has 1 atom stereocenters. The van der Waals surface area contributed by atoms with Crippen LogP contribution < -0.4 is 10.1 Å². The third kappa shape index (κ3) is 5.59. The molecule has 0 radical (unpaired) electrons. The van der Waals surface area contributed by atoms with Gasteiger partial charge >= 0.3 is 0 Å². The Bertz CT molecular complexity index is 1160. The molecule has 1 aromatic heterocycles. The molecule has 0 spiro atoms. The van der Waals surface area contributed by atoms with Crippen molar-refractivity contribution < 1.29 is 14.6 Å². The Morgan fingerprint density at radius 2 is 1.81 bits per heavy atom. The molecule has 3 aromatic rings. The number of nitrogens with one attached hydrogen (secondary N) is 2. The average Bonchev–Trinajstić information content (AvgIpc) is 3.35. The first kappa shape index (κ1) is 24.8.